The van der Waals surface area contributed by atoms with Crippen molar-refractivity contribution in [1.82, 2.24) is 15.1 Å². The van der Waals surface area contributed by atoms with Gasteiger partial charge in [-0.05, 0) is 44.6 Å². The second-order valence-electron chi connectivity index (χ2n) is 7.02. The maximum Gasteiger partial charge on any atom is 0.193 e. The molecule has 0 saturated carbocycles. The summed E-state index contributed by atoms with van der Waals surface area (Å²) >= 11 is 0. The Hall–Kier alpha value is -0.850. The molecule has 0 aromatic heterocycles. The van der Waals surface area contributed by atoms with Gasteiger partial charge in [-0.1, -0.05) is 0 Å². The van der Waals surface area contributed by atoms with Crippen LogP contribution in [0.1, 0.15) is 32.1 Å². The van der Waals surface area contributed by atoms with Crippen molar-refractivity contribution in [1.29, 1.82) is 0 Å². The Morgan fingerprint density at radius 3 is 2.83 bits per heavy atom. The van der Waals surface area contributed by atoms with E-state index in [0.29, 0.717) is 6.04 Å². The van der Waals surface area contributed by atoms with Crippen LogP contribution in [0.5, 0.6) is 0 Å². The van der Waals surface area contributed by atoms with Gasteiger partial charge in [-0.2, -0.15) is 0 Å². The molecule has 0 aromatic carbocycles. The summed E-state index contributed by atoms with van der Waals surface area (Å²) in [5.41, 5.74) is 0. The molecule has 0 bridgehead atoms. The smallest absolute Gasteiger partial charge is 0.193 e. The summed E-state index contributed by atoms with van der Waals surface area (Å²) in [7, 11) is 5.80. The number of nitrogens with zero attached hydrogens (tertiary/aromatic N) is 3. The van der Waals surface area contributed by atoms with Gasteiger partial charge in [0.25, 0.3) is 0 Å². The Morgan fingerprint density at radius 2 is 2.12 bits per heavy atom. The van der Waals surface area contributed by atoms with Crippen molar-refractivity contribution in [3.63, 3.8) is 0 Å². The highest BCUT2D eigenvalue weighted by Gasteiger charge is 2.24. The van der Waals surface area contributed by atoms with Crippen LogP contribution in [-0.2, 0) is 9.47 Å². The van der Waals surface area contributed by atoms with Crippen molar-refractivity contribution < 1.29 is 9.47 Å². The van der Waals surface area contributed by atoms with Crippen molar-refractivity contribution in [2.75, 3.05) is 67.2 Å². The highest BCUT2D eigenvalue weighted by molar-refractivity contribution is 5.79. The standard InChI is InChI=1S/C18H36N4O2/c1-19-18(21(2)10-6-16-7-12-24-13-8-16)20-15-17-5-4-9-22(17)11-14-23-3/h16-17H,4-15H2,1-3H3,(H,19,20). The van der Waals surface area contributed by atoms with Gasteiger partial charge in [0.2, 0.25) is 0 Å². The van der Waals surface area contributed by atoms with Gasteiger partial charge in [0.05, 0.1) is 6.61 Å². The third-order valence-electron chi connectivity index (χ3n) is 5.36. The molecule has 2 aliphatic heterocycles. The summed E-state index contributed by atoms with van der Waals surface area (Å²) in [5.74, 6) is 1.82. The molecule has 1 unspecified atom stereocenters. The first-order chi connectivity index (χ1) is 11.7. The molecule has 6 nitrogen and oxygen atoms in total. The predicted octanol–water partition coefficient (Wildman–Crippen LogP) is 1.42. The Balaban J connectivity index is 1.70. The zero-order valence-electron chi connectivity index (χ0n) is 15.8. The van der Waals surface area contributed by atoms with Crippen LogP contribution >= 0.6 is 0 Å². The maximum absolute atomic E-state index is 5.45. The fraction of sp³-hybridized carbons (Fsp3) is 0.944. The van der Waals surface area contributed by atoms with Gasteiger partial charge in [-0.15, -0.1) is 0 Å². The molecular weight excluding hydrogens is 304 g/mol. The zero-order chi connectivity index (χ0) is 17.2. The lowest BCUT2D eigenvalue weighted by Gasteiger charge is -2.29. The van der Waals surface area contributed by atoms with Gasteiger partial charge in [-0.25, -0.2) is 0 Å². The van der Waals surface area contributed by atoms with Gasteiger partial charge in [0, 0.05) is 60.1 Å². The van der Waals surface area contributed by atoms with Crippen molar-refractivity contribution in [3.05, 3.63) is 0 Å². The Morgan fingerprint density at radius 1 is 1.33 bits per heavy atom. The molecule has 2 saturated heterocycles. The van der Waals surface area contributed by atoms with E-state index >= 15 is 0 Å². The number of rotatable bonds is 8. The molecule has 2 fully saturated rings. The molecule has 0 spiro atoms. The number of hydrogen-bond donors (Lipinski definition) is 1. The minimum absolute atomic E-state index is 0.598. The second-order valence-corrected chi connectivity index (χ2v) is 7.02. The van der Waals surface area contributed by atoms with Crippen LogP contribution in [0, 0.1) is 5.92 Å². The number of aliphatic imine (C=N–C) groups is 1. The van der Waals surface area contributed by atoms with E-state index in [2.05, 4.69) is 27.2 Å². The van der Waals surface area contributed by atoms with E-state index in [1.165, 1.54) is 38.6 Å². The number of methoxy groups -OCH3 is 1. The maximum atomic E-state index is 5.45. The molecule has 0 radical (unpaired) electrons. The summed E-state index contributed by atoms with van der Waals surface area (Å²) < 4.78 is 10.7. The monoisotopic (exact) mass is 340 g/mol. The number of likely N-dealkylation sites (tertiary alicyclic amines) is 1. The molecule has 140 valence electrons. The number of nitrogens with one attached hydrogen (secondary N) is 1. The van der Waals surface area contributed by atoms with Gasteiger partial charge < -0.3 is 19.7 Å². The van der Waals surface area contributed by atoms with Crippen LogP contribution in [0.15, 0.2) is 4.99 Å². The zero-order valence-corrected chi connectivity index (χ0v) is 15.8. The lowest BCUT2D eigenvalue weighted by Crippen LogP contribution is -2.46. The lowest BCUT2D eigenvalue weighted by atomic mass is 9.96. The van der Waals surface area contributed by atoms with E-state index in [9.17, 15) is 0 Å². The number of hydrogen-bond acceptors (Lipinski definition) is 4. The topological polar surface area (TPSA) is 49.3 Å². The van der Waals surface area contributed by atoms with E-state index < -0.39 is 0 Å². The van der Waals surface area contributed by atoms with E-state index in [1.807, 2.05) is 7.05 Å². The third kappa shape index (κ3) is 6.22. The molecule has 0 aromatic rings. The van der Waals surface area contributed by atoms with E-state index in [1.54, 1.807) is 7.11 Å². The summed E-state index contributed by atoms with van der Waals surface area (Å²) in [4.78, 5) is 9.26. The molecule has 2 heterocycles. The van der Waals surface area contributed by atoms with Crippen LogP contribution < -0.4 is 5.32 Å². The van der Waals surface area contributed by atoms with Crippen LogP contribution in [0.3, 0.4) is 0 Å². The fourth-order valence-electron chi connectivity index (χ4n) is 3.74. The molecule has 1 N–H and O–H groups in total. The lowest BCUT2D eigenvalue weighted by molar-refractivity contribution is 0.0625. The van der Waals surface area contributed by atoms with E-state index in [-0.39, 0.29) is 0 Å². The fourth-order valence-corrected chi connectivity index (χ4v) is 3.74. The molecule has 2 rings (SSSR count). The van der Waals surface area contributed by atoms with Crippen molar-refractivity contribution in [2.45, 2.75) is 38.1 Å². The van der Waals surface area contributed by atoms with Crippen molar-refractivity contribution >= 4 is 5.96 Å². The van der Waals surface area contributed by atoms with Crippen molar-refractivity contribution in [3.8, 4) is 0 Å². The largest absolute Gasteiger partial charge is 0.383 e. The first-order valence-electron chi connectivity index (χ1n) is 9.47. The first-order valence-corrected chi connectivity index (χ1v) is 9.47. The average molecular weight is 341 g/mol. The minimum Gasteiger partial charge on any atom is -0.383 e. The quantitative estimate of drug-likeness (QED) is 0.535. The molecule has 0 amide bonds. The molecule has 2 aliphatic rings. The Bertz CT molecular complexity index is 372. The SMILES string of the molecule is CN=C(NCC1CCCN1CCOC)N(C)CCC1CCOCC1. The summed E-state index contributed by atoms with van der Waals surface area (Å²) in [6.07, 6.45) is 6.19. The number of guanidine groups is 1. The Labute approximate surface area is 147 Å². The normalized spacial score (nSPS) is 23.6. The molecule has 24 heavy (non-hydrogen) atoms. The van der Waals surface area contributed by atoms with Crippen LogP contribution in [0.2, 0.25) is 0 Å². The summed E-state index contributed by atoms with van der Waals surface area (Å²) in [5, 5.41) is 3.57. The summed E-state index contributed by atoms with van der Waals surface area (Å²) in [6, 6.07) is 0.598. The Kier molecular flexibility index (Phi) is 8.84. The van der Waals surface area contributed by atoms with Crippen LogP contribution in [0.25, 0.3) is 0 Å². The van der Waals surface area contributed by atoms with Crippen LogP contribution in [0.4, 0.5) is 0 Å². The third-order valence-corrected chi connectivity index (χ3v) is 5.36. The van der Waals surface area contributed by atoms with Crippen molar-refractivity contribution in [2.24, 2.45) is 10.9 Å². The molecule has 0 aliphatic carbocycles. The predicted molar refractivity (Wildman–Crippen MR) is 98.6 cm³/mol. The number of ether oxygens (including phenoxy) is 2. The highest BCUT2D eigenvalue weighted by Crippen LogP contribution is 2.19. The van der Waals surface area contributed by atoms with Gasteiger partial charge >= 0.3 is 0 Å². The first kappa shape index (κ1) is 19.5. The molecule has 6 heteroatoms. The van der Waals surface area contributed by atoms with Crippen LogP contribution in [-0.4, -0.2) is 89.0 Å². The highest BCUT2D eigenvalue weighted by atomic mass is 16.5. The average Bonchev–Trinajstić information content (AvgIpc) is 3.07. The minimum atomic E-state index is 0.598. The van der Waals surface area contributed by atoms with E-state index in [0.717, 1.165) is 51.3 Å². The van der Waals surface area contributed by atoms with Gasteiger partial charge in [0.15, 0.2) is 5.96 Å². The molecular formula is C18H36N4O2. The van der Waals surface area contributed by atoms with Gasteiger partial charge in [-0.3, -0.25) is 9.89 Å². The second kappa shape index (κ2) is 10.9. The summed E-state index contributed by atoms with van der Waals surface area (Å²) in [6.45, 7) is 6.92. The molecule has 1 atom stereocenters. The van der Waals surface area contributed by atoms with E-state index in [4.69, 9.17) is 9.47 Å². The van der Waals surface area contributed by atoms with Gasteiger partial charge in [0.1, 0.15) is 0 Å².